The summed E-state index contributed by atoms with van der Waals surface area (Å²) >= 11 is 0. The Morgan fingerprint density at radius 1 is 1.33 bits per heavy atom. The summed E-state index contributed by atoms with van der Waals surface area (Å²) in [6.45, 7) is 1.63. The van der Waals surface area contributed by atoms with Crippen LogP contribution in [0.1, 0.15) is 12.8 Å². The lowest BCUT2D eigenvalue weighted by molar-refractivity contribution is 0.187. The van der Waals surface area contributed by atoms with E-state index >= 15 is 0 Å². The first-order chi connectivity index (χ1) is 8.29. The molecule has 1 aliphatic rings. The number of hydrogen-bond acceptors (Lipinski definition) is 2. The second-order valence-electron chi connectivity index (χ2n) is 4.37. The number of nitrogens with zero attached hydrogens (tertiary/aromatic N) is 1. The van der Waals surface area contributed by atoms with Crippen LogP contribution in [-0.4, -0.2) is 37.1 Å². The molecule has 5 heteroatoms. The molecule has 100 valence electrons. The number of hydrogen-bond donors (Lipinski definition) is 2. The van der Waals surface area contributed by atoms with Gasteiger partial charge in [0.25, 0.3) is 0 Å². The first-order valence-corrected chi connectivity index (χ1v) is 6.08. The Hall–Kier alpha value is -1.26. The second-order valence-corrected chi connectivity index (χ2v) is 4.37. The Morgan fingerprint density at radius 3 is 2.72 bits per heavy atom. The van der Waals surface area contributed by atoms with Crippen molar-refractivity contribution in [2.45, 2.75) is 18.9 Å². The van der Waals surface area contributed by atoms with Gasteiger partial charge >= 0.3 is 6.03 Å². The number of likely N-dealkylation sites (tertiary alicyclic amines) is 1. The van der Waals surface area contributed by atoms with Crippen molar-refractivity contribution in [3.8, 4) is 0 Å². The maximum atomic E-state index is 12.0. The molecule has 0 unspecified atom stereocenters. The first-order valence-electron chi connectivity index (χ1n) is 6.08. The van der Waals surface area contributed by atoms with Crippen LogP contribution in [0.2, 0.25) is 0 Å². The monoisotopic (exact) mass is 269 g/mol. The zero-order valence-corrected chi connectivity index (χ0v) is 11.4. The summed E-state index contributed by atoms with van der Waals surface area (Å²) in [6, 6.07) is 9.99. The number of nitrogens with one attached hydrogen (secondary N) is 2. The first kappa shape index (κ1) is 14.8. The molecule has 18 heavy (non-hydrogen) atoms. The van der Waals surface area contributed by atoms with Gasteiger partial charge in [0, 0.05) is 24.8 Å². The fraction of sp³-hybridized carbons (Fsp3) is 0.462. The molecule has 1 aromatic rings. The fourth-order valence-electron chi connectivity index (χ4n) is 2.12. The van der Waals surface area contributed by atoms with Gasteiger partial charge in [-0.15, -0.1) is 12.4 Å². The highest BCUT2D eigenvalue weighted by atomic mass is 35.5. The predicted molar refractivity (Wildman–Crippen MR) is 76.4 cm³/mol. The summed E-state index contributed by atoms with van der Waals surface area (Å²) in [7, 11) is 1.95. The van der Waals surface area contributed by atoms with Crippen molar-refractivity contribution in [3.05, 3.63) is 30.3 Å². The van der Waals surface area contributed by atoms with Gasteiger partial charge < -0.3 is 15.5 Å². The number of urea groups is 1. The summed E-state index contributed by atoms with van der Waals surface area (Å²) in [4.78, 5) is 13.9. The highest BCUT2D eigenvalue weighted by molar-refractivity contribution is 5.89. The minimum absolute atomic E-state index is 0. The smallest absolute Gasteiger partial charge is 0.321 e. The Bertz CT molecular complexity index is 372. The average molecular weight is 270 g/mol. The summed E-state index contributed by atoms with van der Waals surface area (Å²) in [5, 5.41) is 6.15. The van der Waals surface area contributed by atoms with Crippen LogP contribution in [0.4, 0.5) is 10.5 Å². The maximum Gasteiger partial charge on any atom is 0.321 e. The van der Waals surface area contributed by atoms with Crippen LogP contribution in [0.3, 0.4) is 0 Å². The van der Waals surface area contributed by atoms with Crippen molar-refractivity contribution in [3.63, 3.8) is 0 Å². The molecule has 0 aliphatic carbocycles. The van der Waals surface area contributed by atoms with Crippen LogP contribution >= 0.6 is 12.4 Å². The van der Waals surface area contributed by atoms with Gasteiger partial charge in [0.05, 0.1) is 0 Å². The van der Waals surface area contributed by atoms with Gasteiger partial charge in [0.1, 0.15) is 0 Å². The van der Waals surface area contributed by atoms with Gasteiger partial charge in [-0.1, -0.05) is 18.2 Å². The van der Waals surface area contributed by atoms with Crippen LogP contribution in [0, 0.1) is 0 Å². The molecule has 1 heterocycles. The molecular weight excluding hydrogens is 250 g/mol. The highest BCUT2D eigenvalue weighted by Crippen LogP contribution is 2.12. The van der Waals surface area contributed by atoms with Gasteiger partial charge in [-0.25, -0.2) is 4.79 Å². The minimum Gasteiger partial charge on any atom is -0.323 e. The van der Waals surface area contributed by atoms with Gasteiger partial charge in [0.2, 0.25) is 0 Å². The van der Waals surface area contributed by atoms with Crippen molar-refractivity contribution in [2.24, 2.45) is 0 Å². The third-order valence-corrected chi connectivity index (χ3v) is 3.14. The number of likely N-dealkylation sites (N-methyl/N-ethyl adjacent to an activating group) is 1. The molecule has 4 nitrogen and oxygen atoms in total. The average Bonchev–Trinajstić information content (AvgIpc) is 2.40. The number of carbonyl (C=O) groups is 1. The summed E-state index contributed by atoms with van der Waals surface area (Å²) < 4.78 is 0. The molecule has 2 amide bonds. The number of rotatable bonds is 2. The zero-order chi connectivity index (χ0) is 12.1. The molecule has 0 saturated carbocycles. The Morgan fingerprint density at radius 2 is 2.06 bits per heavy atom. The zero-order valence-electron chi connectivity index (χ0n) is 10.6. The third kappa shape index (κ3) is 3.89. The highest BCUT2D eigenvalue weighted by Gasteiger charge is 2.22. The van der Waals surface area contributed by atoms with E-state index in [2.05, 4.69) is 10.6 Å². The molecule has 0 aromatic heterocycles. The number of anilines is 1. The molecule has 0 radical (unpaired) electrons. The number of carbonyl (C=O) groups excluding carboxylic acids is 1. The molecule has 0 spiro atoms. The molecule has 1 aromatic carbocycles. The SMILES string of the molecule is CN[C@@H]1CCCN(C(=O)Nc2ccccc2)C1.Cl. The van der Waals surface area contributed by atoms with E-state index in [0.29, 0.717) is 6.04 Å². The maximum absolute atomic E-state index is 12.0. The second kappa shape index (κ2) is 7.24. The molecule has 2 N–H and O–H groups in total. The molecular formula is C13H20ClN3O. The lowest BCUT2D eigenvalue weighted by atomic mass is 10.1. The van der Waals surface area contributed by atoms with Crippen molar-refractivity contribution in [1.29, 1.82) is 0 Å². The van der Waals surface area contributed by atoms with E-state index in [9.17, 15) is 4.79 Å². The van der Waals surface area contributed by atoms with Crippen molar-refractivity contribution in [2.75, 3.05) is 25.5 Å². The Kier molecular flexibility index (Phi) is 5.95. The number of para-hydroxylation sites is 1. The Labute approximate surface area is 114 Å². The fourth-order valence-corrected chi connectivity index (χ4v) is 2.12. The van der Waals surface area contributed by atoms with Crippen molar-refractivity contribution >= 4 is 24.1 Å². The molecule has 1 saturated heterocycles. The minimum atomic E-state index is -0.00356. The van der Waals surface area contributed by atoms with E-state index in [0.717, 1.165) is 31.6 Å². The van der Waals surface area contributed by atoms with Crippen LogP contribution in [0.5, 0.6) is 0 Å². The van der Waals surface area contributed by atoms with Crippen molar-refractivity contribution in [1.82, 2.24) is 10.2 Å². The number of amides is 2. The summed E-state index contributed by atoms with van der Waals surface area (Å²) in [5.74, 6) is 0. The normalized spacial score (nSPS) is 18.9. The van der Waals surface area contributed by atoms with E-state index in [4.69, 9.17) is 0 Å². The van der Waals surface area contributed by atoms with Gasteiger partial charge in [-0.2, -0.15) is 0 Å². The van der Waals surface area contributed by atoms with E-state index < -0.39 is 0 Å². The summed E-state index contributed by atoms with van der Waals surface area (Å²) in [6.07, 6.45) is 2.21. The molecule has 1 fully saturated rings. The van der Waals surface area contributed by atoms with Gasteiger partial charge in [0.15, 0.2) is 0 Å². The van der Waals surface area contributed by atoms with Crippen LogP contribution < -0.4 is 10.6 Å². The predicted octanol–water partition coefficient (Wildman–Crippen LogP) is 2.32. The number of piperidine rings is 1. The number of halogens is 1. The van der Waals surface area contributed by atoms with Crippen molar-refractivity contribution < 1.29 is 4.79 Å². The topological polar surface area (TPSA) is 44.4 Å². The van der Waals surface area contributed by atoms with Crippen LogP contribution in [0.25, 0.3) is 0 Å². The molecule has 0 bridgehead atoms. The summed E-state index contributed by atoms with van der Waals surface area (Å²) in [5.41, 5.74) is 0.851. The van der Waals surface area contributed by atoms with Crippen LogP contribution in [-0.2, 0) is 0 Å². The van der Waals surface area contributed by atoms with E-state index in [-0.39, 0.29) is 18.4 Å². The number of benzene rings is 1. The van der Waals surface area contributed by atoms with Gasteiger partial charge in [-0.05, 0) is 32.0 Å². The quantitative estimate of drug-likeness (QED) is 0.866. The molecule has 2 rings (SSSR count). The lowest BCUT2D eigenvalue weighted by Crippen LogP contribution is -2.48. The standard InChI is InChI=1S/C13H19N3O.ClH/c1-14-12-8-5-9-16(10-12)13(17)15-11-6-3-2-4-7-11;/h2-4,6-7,12,14H,5,8-10H2,1H3,(H,15,17);1H/t12-;/m1./s1. The van der Waals surface area contributed by atoms with E-state index in [1.54, 1.807) is 0 Å². The van der Waals surface area contributed by atoms with Gasteiger partial charge in [-0.3, -0.25) is 0 Å². The Balaban J connectivity index is 0.00000162. The molecule has 1 aliphatic heterocycles. The molecule has 1 atom stereocenters. The lowest BCUT2D eigenvalue weighted by Gasteiger charge is -2.32. The third-order valence-electron chi connectivity index (χ3n) is 3.14. The van der Waals surface area contributed by atoms with Crippen LogP contribution in [0.15, 0.2) is 30.3 Å². The van der Waals surface area contributed by atoms with E-state index in [1.807, 2.05) is 42.3 Å². The van der Waals surface area contributed by atoms with E-state index in [1.165, 1.54) is 0 Å². The largest absolute Gasteiger partial charge is 0.323 e.